The van der Waals surface area contributed by atoms with E-state index in [1.54, 1.807) is 7.11 Å². The lowest BCUT2D eigenvalue weighted by atomic mass is 10.0. The molecule has 0 aliphatic carbocycles. The molecule has 0 spiro atoms. The van der Waals surface area contributed by atoms with Crippen LogP contribution in [0.25, 0.3) is 0 Å². The second kappa shape index (κ2) is 6.76. The maximum Gasteiger partial charge on any atom is 0.279 e. The van der Waals surface area contributed by atoms with Crippen LogP contribution in [0.5, 0.6) is 0 Å². The van der Waals surface area contributed by atoms with Crippen LogP contribution in [0.3, 0.4) is 0 Å². The van der Waals surface area contributed by atoms with E-state index in [0.29, 0.717) is 38.0 Å². The number of hydrogen-bond acceptors (Lipinski definition) is 3. The molecular weight excluding hydrogens is 252 g/mol. The van der Waals surface area contributed by atoms with Gasteiger partial charge < -0.3 is 4.74 Å². The highest BCUT2D eigenvalue weighted by Crippen LogP contribution is 2.19. The zero-order valence-electron chi connectivity index (χ0n) is 9.49. The van der Waals surface area contributed by atoms with Gasteiger partial charge in [-0.2, -0.15) is 17.4 Å². The number of rotatable bonds is 6. The molecule has 5 nitrogen and oxygen atoms in total. The molecule has 0 atom stereocenters. The molecule has 7 heteroatoms. The summed E-state index contributed by atoms with van der Waals surface area (Å²) in [5.41, 5.74) is 0. The molecule has 0 saturated carbocycles. The summed E-state index contributed by atoms with van der Waals surface area (Å²) in [6.45, 7) is 1.81. The third-order valence-electron chi connectivity index (χ3n) is 2.72. The number of methoxy groups -OCH3 is 1. The van der Waals surface area contributed by atoms with Crippen LogP contribution in [-0.4, -0.2) is 52.0 Å². The zero-order valence-corrected chi connectivity index (χ0v) is 11.1. The van der Waals surface area contributed by atoms with Crippen molar-refractivity contribution in [3.05, 3.63) is 0 Å². The molecule has 0 aromatic heterocycles. The lowest BCUT2D eigenvalue weighted by molar-refractivity contribution is 0.203. The number of halogens is 1. The van der Waals surface area contributed by atoms with Gasteiger partial charge in [0.2, 0.25) is 0 Å². The molecule has 1 heterocycles. The fourth-order valence-electron chi connectivity index (χ4n) is 1.67. The highest BCUT2D eigenvalue weighted by Gasteiger charge is 2.26. The smallest absolute Gasteiger partial charge is 0.279 e. The van der Waals surface area contributed by atoms with E-state index in [4.69, 9.17) is 16.3 Å². The van der Waals surface area contributed by atoms with Crippen LogP contribution >= 0.6 is 11.6 Å². The maximum absolute atomic E-state index is 11.8. The quantitative estimate of drug-likeness (QED) is 0.562. The molecular formula is C9H19ClN2O3S. The van der Waals surface area contributed by atoms with Crippen LogP contribution in [0.15, 0.2) is 0 Å². The fourth-order valence-corrected chi connectivity index (χ4v) is 3.19. The highest BCUT2D eigenvalue weighted by molar-refractivity contribution is 7.87. The van der Waals surface area contributed by atoms with E-state index in [2.05, 4.69) is 4.72 Å². The maximum atomic E-state index is 11.8. The Kier molecular flexibility index (Phi) is 5.99. The first kappa shape index (κ1) is 14.2. The monoisotopic (exact) mass is 270 g/mol. The molecule has 96 valence electrons. The molecule has 1 fully saturated rings. The van der Waals surface area contributed by atoms with Crippen molar-refractivity contribution in [1.82, 2.24) is 9.03 Å². The summed E-state index contributed by atoms with van der Waals surface area (Å²) in [5, 5.41) is 0. The fraction of sp³-hybridized carbons (Fsp3) is 1.00. The zero-order chi connectivity index (χ0) is 12.0. The summed E-state index contributed by atoms with van der Waals surface area (Å²) in [5.74, 6) is 1.07. The van der Waals surface area contributed by atoms with Gasteiger partial charge in [0.05, 0.1) is 6.61 Å². The predicted octanol–water partition coefficient (Wildman–Crippen LogP) is 0.418. The third kappa shape index (κ3) is 4.18. The van der Waals surface area contributed by atoms with E-state index < -0.39 is 10.2 Å². The molecule has 0 amide bonds. The van der Waals surface area contributed by atoms with Gasteiger partial charge in [-0.3, -0.25) is 0 Å². The summed E-state index contributed by atoms with van der Waals surface area (Å²) in [4.78, 5) is 0. The number of nitrogens with one attached hydrogen (secondary N) is 1. The minimum Gasteiger partial charge on any atom is -0.383 e. The van der Waals surface area contributed by atoms with Crippen molar-refractivity contribution in [1.29, 1.82) is 0 Å². The molecule has 0 aromatic carbocycles. The molecule has 1 saturated heterocycles. The third-order valence-corrected chi connectivity index (χ3v) is 4.77. The summed E-state index contributed by atoms with van der Waals surface area (Å²) < 4.78 is 32.3. The van der Waals surface area contributed by atoms with Crippen LogP contribution in [0.2, 0.25) is 0 Å². The number of nitrogens with zero attached hydrogens (tertiary/aromatic N) is 1. The van der Waals surface area contributed by atoms with Crippen LogP contribution in [0, 0.1) is 5.92 Å². The lowest BCUT2D eigenvalue weighted by Crippen LogP contribution is -2.45. The minimum absolute atomic E-state index is 0.314. The summed E-state index contributed by atoms with van der Waals surface area (Å²) in [6, 6.07) is 0. The van der Waals surface area contributed by atoms with E-state index in [9.17, 15) is 8.42 Å². The first-order valence-corrected chi connectivity index (χ1v) is 7.37. The van der Waals surface area contributed by atoms with Crippen molar-refractivity contribution in [2.24, 2.45) is 5.92 Å². The van der Waals surface area contributed by atoms with Crippen molar-refractivity contribution in [3.8, 4) is 0 Å². The Morgan fingerprint density at radius 1 is 1.44 bits per heavy atom. The lowest BCUT2D eigenvalue weighted by Gasteiger charge is -2.30. The average Bonchev–Trinajstić information content (AvgIpc) is 2.29. The van der Waals surface area contributed by atoms with E-state index >= 15 is 0 Å². The van der Waals surface area contributed by atoms with Gasteiger partial charge in [-0.05, 0) is 18.8 Å². The van der Waals surface area contributed by atoms with Gasteiger partial charge in [-0.15, -0.1) is 11.6 Å². The molecule has 0 radical (unpaired) electrons. The Labute approximate surface area is 102 Å². The number of ether oxygens (including phenoxy) is 1. The number of hydrogen-bond donors (Lipinski definition) is 1. The Balaban J connectivity index is 2.39. The van der Waals surface area contributed by atoms with Crippen molar-refractivity contribution < 1.29 is 13.2 Å². The van der Waals surface area contributed by atoms with Gasteiger partial charge in [0.15, 0.2) is 0 Å². The van der Waals surface area contributed by atoms with Gasteiger partial charge in [-0.1, -0.05) is 0 Å². The molecule has 0 unspecified atom stereocenters. The van der Waals surface area contributed by atoms with Crippen LogP contribution in [0.1, 0.15) is 12.8 Å². The number of piperidine rings is 1. The van der Waals surface area contributed by atoms with E-state index in [1.807, 2.05) is 0 Å². The van der Waals surface area contributed by atoms with Crippen LogP contribution in [-0.2, 0) is 14.9 Å². The summed E-state index contributed by atoms with van der Waals surface area (Å²) >= 11 is 5.74. The second-order valence-electron chi connectivity index (χ2n) is 3.89. The largest absolute Gasteiger partial charge is 0.383 e. The Morgan fingerprint density at radius 3 is 2.56 bits per heavy atom. The normalized spacial score (nSPS) is 20.1. The van der Waals surface area contributed by atoms with E-state index in [0.717, 1.165) is 12.8 Å². The average molecular weight is 271 g/mol. The summed E-state index contributed by atoms with van der Waals surface area (Å²) in [6.07, 6.45) is 1.68. The SMILES string of the molecule is COCCNS(=O)(=O)N1CCC(CCl)CC1. The molecule has 0 bridgehead atoms. The van der Waals surface area contributed by atoms with Gasteiger partial charge in [0, 0.05) is 32.6 Å². The molecule has 1 aliphatic rings. The van der Waals surface area contributed by atoms with Gasteiger partial charge in [0.25, 0.3) is 10.2 Å². The second-order valence-corrected chi connectivity index (χ2v) is 5.95. The molecule has 1 aliphatic heterocycles. The highest BCUT2D eigenvalue weighted by atomic mass is 35.5. The Morgan fingerprint density at radius 2 is 2.06 bits per heavy atom. The van der Waals surface area contributed by atoms with Crippen molar-refractivity contribution in [3.63, 3.8) is 0 Å². The molecule has 1 rings (SSSR count). The molecule has 16 heavy (non-hydrogen) atoms. The summed E-state index contributed by atoms with van der Waals surface area (Å²) in [7, 11) is -1.79. The van der Waals surface area contributed by atoms with Crippen LogP contribution in [0.4, 0.5) is 0 Å². The van der Waals surface area contributed by atoms with Gasteiger partial charge in [-0.25, -0.2) is 0 Å². The van der Waals surface area contributed by atoms with E-state index in [-0.39, 0.29) is 0 Å². The first-order valence-electron chi connectivity index (χ1n) is 5.39. The first-order chi connectivity index (χ1) is 7.60. The van der Waals surface area contributed by atoms with Crippen molar-refractivity contribution >= 4 is 21.8 Å². The standard InChI is InChI=1S/C9H19ClN2O3S/c1-15-7-4-11-16(13,14)12-5-2-9(8-10)3-6-12/h9,11H,2-8H2,1H3. The van der Waals surface area contributed by atoms with E-state index in [1.165, 1.54) is 4.31 Å². The van der Waals surface area contributed by atoms with Gasteiger partial charge in [0.1, 0.15) is 0 Å². The van der Waals surface area contributed by atoms with Crippen molar-refractivity contribution in [2.75, 3.05) is 39.2 Å². The van der Waals surface area contributed by atoms with Gasteiger partial charge >= 0.3 is 0 Å². The Hall–Kier alpha value is 0.120. The molecule has 0 aromatic rings. The topological polar surface area (TPSA) is 58.6 Å². The Bertz CT molecular complexity index is 289. The van der Waals surface area contributed by atoms with Crippen LogP contribution < -0.4 is 4.72 Å². The van der Waals surface area contributed by atoms with Crippen molar-refractivity contribution in [2.45, 2.75) is 12.8 Å². The predicted molar refractivity (Wildman–Crippen MR) is 63.8 cm³/mol. The number of alkyl halides is 1. The minimum atomic E-state index is -3.33. The molecule has 1 N–H and O–H groups in total.